The van der Waals surface area contributed by atoms with Crippen molar-refractivity contribution < 1.29 is 16.8 Å². The SMILES string of the molecule is CCN(CC)S(=O)(=O)c1cccc(S(=O)(=O)N2CCN[C@H](C)C2)c1.Cl. The molecule has 0 bridgehead atoms. The van der Waals surface area contributed by atoms with Crippen LogP contribution in [0.5, 0.6) is 0 Å². The molecule has 0 radical (unpaired) electrons. The van der Waals surface area contributed by atoms with Gasteiger partial charge in [0.2, 0.25) is 20.0 Å². The molecular weight excluding hydrogens is 386 g/mol. The van der Waals surface area contributed by atoms with E-state index in [4.69, 9.17) is 0 Å². The summed E-state index contributed by atoms with van der Waals surface area (Å²) in [5.74, 6) is 0. The number of piperazine rings is 1. The lowest BCUT2D eigenvalue weighted by Crippen LogP contribution is -2.51. The minimum absolute atomic E-state index is 0. The zero-order valence-corrected chi connectivity index (χ0v) is 17.1. The molecule has 1 fully saturated rings. The number of benzene rings is 1. The quantitative estimate of drug-likeness (QED) is 0.758. The van der Waals surface area contributed by atoms with Crippen LogP contribution in [0.15, 0.2) is 34.1 Å². The van der Waals surface area contributed by atoms with Crippen molar-refractivity contribution in [3.05, 3.63) is 24.3 Å². The maximum atomic E-state index is 12.8. The molecule has 0 spiro atoms. The monoisotopic (exact) mass is 411 g/mol. The van der Waals surface area contributed by atoms with Crippen LogP contribution < -0.4 is 5.32 Å². The van der Waals surface area contributed by atoms with Crippen LogP contribution in [0.1, 0.15) is 20.8 Å². The van der Waals surface area contributed by atoms with E-state index >= 15 is 0 Å². The molecule has 0 unspecified atom stereocenters. The highest BCUT2D eigenvalue weighted by Crippen LogP contribution is 2.22. The van der Waals surface area contributed by atoms with Crippen LogP contribution in [0.2, 0.25) is 0 Å². The highest BCUT2D eigenvalue weighted by molar-refractivity contribution is 7.90. The molecule has 1 heterocycles. The number of hydrogen-bond acceptors (Lipinski definition) is 5. The molecule has 2 rings (SSSR count). The summed E-state index contributed by atoms with van der Waals surface area (Å²) >= 11 is 0. The summed E-state index contributed by atoms with van der Waals surface area (Å²) in [5, 5.41) is 3.19. The predicted molar refractivity (Wildman–Crippen MR) is 100 cm³/mol. The lowest BCUT2D eigenvalue weighted by Gasteiger charge is -2.31. The lowest BCUT2D eigenvalue weighted by atomic mass is 10.3. The van der Waals surface area contributed by atoms with Crippen molar-refractivity contribution >= 4 is 32.5 Å². The fourth-order valence-electron chi connectivity index (χ4n) is 2.77. The largest absolute Gasteiger partial charge is 0.312 e. The highest BCUT2D eigenvalue weighted by atomic mass is 35.5. The van der Waals surface area contributed by atoms with Gasteiger partial charge in [-0.15, -0.1) is 12.4 Å². The van der Waals surface area contributed by atoms with Gasteiger partial charge in [-0.2, -0.15) is 8.61 Å². The molecule has 144 valence electrons. The summed E-state index contributed by atoms with van der Waals surface area (Å²) in [5.41, 5.74) is 0. The normalized spacial score (nSPS) is 19.6. The molecule has 25 heavy (non-hydrogen) atoms. The first-order valence-electron chi connectivity index (χ1n) is 8.07. The summed E-state index contributed by atoms with van der Waals surface area (Å²) in [6.07, 6.45) is 0. The van der Waals surface area contributed by atoms with E-state index < -0.39 is 20.0 Å². The van der Waals surface area contributed by atoms with Gasteiger partial charge >= 0.3 is 0 Å². The van der Waals surface area contributed by atoms with Crippen LogP contribution >= 0.6 is 12.4 Å². The van der Waals surface area contributed by atoms with Crippen molar-refractivity contribution in [2.75, 3.05) is 32.7 Å². The number of rotatable bonds is 6. The van der Waals surface area contributed by atoms with Crippen LogP contribution in [0.25, 0.3) is 0 Å². The van der Waals surface area contributed by atoms with Gasteiger partial charge in [0.1, 0.15) is 0 Å². The van der Waals surface area contributed by atoms with Gasteiger partial charge in [-0.25, -0.2) is 16.8 Å². The maximum Gasteiger partial charge on any atom is 0.243 e. The second-order valence-corrected chi connectivity index (χ2v) is 9.66. The van der Waals surface area contributed by atoms with Crippen molar-refractivity contribution in [3.63, 3.8) is 0 Å². The number of hydrogen-bond donors (Lipinski definition) is 1. The number of sulfonamides is 2. The van der Waals surface area contributed by atoms with Crippen molar-refractivity contribution in [1.29, 1.82) is 0 Å². The molecule has 0 amide bonds. The molecule has 0 saturated carbocycles. The van der Waals surface area contributed by atoms with Crippen molar-refractivity contribution in [1.82, 2.24) is 13.9 Å². The molecule has 1 saturated heterocycles. The van der Waals surface area contributed by atoms with E-state index in [1.807, 2.05) is 6.92 Å². The predicted octanol–water partition coefficient (Wildman–Crippen LogP) is 1.12. The molecule has 1 aliphatic heterocycles. The Hall–Kier alpha value is -0.710. The molecular formula is C15H26ClN3O4S2. The van der Waals surface area contributed by atoms with E-state index in [0.29, 0.717) is 32.7 Å². The minimum Gasteiger partial charge on any atom is -0.312 e. The van der Waals surface area contributed by atoms with Gasteiger partial charge in [0, 0.05) is 38.8 Å². The molecule has 1 aliphatic rings. The summed E-state index contributed by atoms with van der Waals surface area (Å²) in [7, 11) is -7.39. The molecule has 1 atom stereocenters. The summed E-state index contributed by atoms with van der Waals surface area (Å²) in [6.45, 7) is 7.43. The zero-order valence-electron chi connectivity index (χ0n) is 14.7. The van der Waals surface area contributed by atoms with Crippen molar-refractivity contribution in [2.45, 2.75) is 36.6 Å². The van der Waals surface area contributed by atoms with E-state index in [-0.39, 0.29) is 28.2 Å². The van der Waals surface area contributed by atoms with Gasteiger partial charge in [-0.1, -0.05) is 19.9 Å². The van der Waals surface area contributed by atoms with E-state index in [0.717, 1.165) is 0 Å². The number of nitrogens with zero attached hydrogens (tertiary/aromatic N) is 2. The molecule has 0 aliphatic carbocycles. The Morgan fingerprint density at radius 2 is 1.76 bits per heavy atom. The first kappa shape index (κ1) is 22.3. The summed E-state index contributed by atoms with van der Waals surface area (Å²) in [6, 6.07) is 5.69. The third kappa shape index (κ3) is 4.72. The van der Waals surface area contributed by atoms with Crippen LogP contribution in [0.3, 0.4) is 0 Å². The molecule has 1 aromatic rings. The Labute approximate surface area is 156 Å². The van der Waals surface area contributed by atoms with Gasteiger partial charge in [-0.3, -0.25) is 0 Å². The number of nitrogens with one attached hydrogen (secondary N) is 1. The Morgan fingerprint density at radius 1 is 1.16 bits per heavy atom. The Morgan fingerprint density at radius 3 is 2.32 bits per heavy atom. The van der Waals surface area contributed by atoms with E-state index in [9.17, 15) is 16.8 Å². The zero-order chi connectivity index (χ0) is 18.0. The second kappa shape index (κ2) is 8.79. The van der Waals surface area contributed by atoms with Crippen LogP contribution in [-0.2, 0) is 20.0 Å². The van der Waals surface area contributed by atoms with E-state index in [1.165, 1.54) is 32.9 Å². The maximum absolute atomic E-state index is 12.8. The first-order chi connectivity index (χ1) is 11.2. The topological polar surface area (TPSA) is 86.8 Å². The second-order valence-electron chi connectivity index (χ2n) is 5.78. The van der Waals surface area contributed by atoms with E-state index in [2.05, 4.69) is 5.32 Å². The van der Waals surface area contributed by atoms with Gasteiger partial charge in [0.15, 0.2) is 0 Å². The van der Waals surface area contributed by atoms with E-state index in [1.54, 1.807) is 13.8 Å². The van der Waals surface area contributed by atoms with Gasteiger partial charge in [0.25, 0.3) is 0 Å². The molecule has 7 nitrogen and oxygen atoms in total. The molecule has 1 aromatic carbocycles. The average molecular weight is 412 g/mol. The highest BCUT2D eigenvalue weighted by Gasteiger charge is 2.30. The molecule has 1 N–H and O–H groups in total. The van der Waals surface area contributed by atoms with Gasteiger partial charge in [0.05, 0.1) is 9.79 Å². The molecule has 10 heteroatoms. The Kier molecular flexibility index (Phi) is 7.85. The smallest absolute Gasteiger partial charge is 0.243 e. The van der Waals surface area contributed by atoms with Crippen LogP contribution in [-0.4, -0.2) is 64.2 Å². The minimum atomic E-state index is -3.71. The fraction of sp³-hybridized carbons (Fsp3) is 0.600. The van der Waals surface area contributed by atoms with Gasteiger partial charge in [-0.05, 0) is 25.1 Å². The standard InChI is InChI=1S/C15H25N3O4S2.ClH/c1-4-17(5-2)23(19,20)14-7-6-8-15(11-14)24(21,22)18-10-9-16-13(3)12-18;/h6-8,11,13,16H,4-5,9-10,12H2,1-3H3;1H/t13-;/m1./s1. The lowest BCUT2D eigenvalue weighted by molar-refractivity contribution is 0.310. The summed E-state index contributed by atoms with van der Waals surface area (Å²) < 4.78 is 53.6. The molecule has 0 aromatic heterocycles. The average Bonchev–Trinajstić information content (AvgIpc) is 2.56. The van der Waals surface area contributed by atoms with Crippen molar-refractivity contribution in [3.8, 4) is 0 Å². The number of halogens is 1. The Balaban J connectivity index is 0.00000312. The first-order valence-corrected chi connectivity index (χ1v) is 10.9. The summed E-state index contributed by atoms with van der Waals surface area (Å²) in [4.78, 5) is 0.0280. The van der Waals surface area contributed by atoms with Gasteiger partial charge < -0.3 is 5.32 Å². The third-order valence-electron chi connectivity index (χ3n) is 4.12. The third-order valence-corrected chi connectivity index (χ3v) is 8.02. The van der Waals surface area contributed by atoms with Crippen LogP contribution in [0.4, 0.5) is 0 Å². The fourth-order valence-corrected chi connectivity index (χ4v) is 5.93. The van der Waals surface area contributed by atoms with Crippen molar-refractivity contribution in [2.24, 2.45) is 0 Å². The Bertz CT molecular complexity index is 780. The van der Waals surface area contributed by atoms with Crippen LogP contribution in [0, 0.1) is 0 Å².